The lowest BCUT2D eigenvalue weighted by molar-refractivity contribution is -0.131. The first kappa shape index (κ1) is 14.2. The molecular weight excluding hydrogens is 228 g/mol. The highest BCUT2D eigenvalue weighted by Gasteiger charge is 2.06. The molecule has 4 nitrogen and oxygen atoms in total. The van der Waals surface area contributed by atoms with Crippen LogP contribution in [0.5, 0.6) is 0 Å². The molecule has 0 bridgehead atoms. The lowest BCUT2D eigenvalue weighted by atomic mass is 10.2. The van der Waals surface area contributed by atoms with Crippen molar-refractivity contribution in [3.63, 3.8) is 0 Å². The molecule has 1 heterocycles. The van der Waals surface area contributed by atoms with Gasteiger partial charge in [-0.15, -0.1) is 0 Å². The molecule has 0 aliphatic carbocycles. The van der Waals surface area contributed by atoms with Crippen molar-refractivity contribution >= 4 is 17.9 Å². The molecule has 0 aromatic carbocycles. The van der Waals surface area contributed by atoms with E-state index in [0.717, 1.165) is 30.4 Å². The summed E-state index contributed by atoms with van der Waals surface area (Å²) in [4.78, 5) is 16.9. The minimum Gasteiger partial charge on any atom is -0.478 e. The van der Waals surface area contributed by atoms with Crippen LogP contribution in [-0.4, -0.2) is 29.7 Å². The van der Waals surface area contributed by atoms with Crippen LogP contribution < -0.4 is 4.90 Å². The largest absolute Gasteiger partial charge is 0.478 e. The predicted octanol–water partition coefficient (Wildman–Crippen LogP) is 2.81. The number of aliphatic carboxylic acids is 1. The Morgan fingerprint density at radius 1 is 1.50 bits per heavy atom. The minimum absolute atomic E-state index is 0.825. The monoisotopic (exact) mass is 248 g/mol. The number of pyridine rings is 1. The van der Waals surface area contributed by atoms with E-state index in [1.54, 1.807) is 12.3 Å². The molecule has 0 atom stereocenters. The number of aromatic nitrogens is 1. The van der Waals surface area contributed by atoms with Crippen LogP contribution in [0.15, 0.2) is 24.4 Å². The maximum Gasteiger partial charge on any atom is 0.328 e. The Labute approximate surface area is 108 Å². The van der Waals surface area contributed by atoms with Crippen molar-refractivity contribution in [1.82, 2.24) is 4.98 Å². The molecule has 0 radical (unpaired) electrons. The third-order valence-electron chi connectivity index (χ3n) is 2.68. The van der Waals surface area contributed by atoms with Crippen LogP contribution >= 0.6 is 0 Å². The molecule has 1 rings (SSSR count). The van der Waals surface area contributed by atoms with Crippen molar-refractivity contribution < 1.29 is 9.90 Å². The van der Waals surface area contributed by atoms with Gasteiger partial charge in [0.15, 0.2) is 0 Å². The third-order valence-corrected chi connectivity index (χ3v) is 2.68. The Kier molecular flexibility index (Phi) is 5.91. The minimum atomic E-state index is -0.946. The van der Waals surface area contributed by atoms with Crippen LogP contribution in [0.2, 0.25) is 0 Å². The molecule has 0 unspecified atom stereocenters. The summed E-state index contributed by atoms with van der Waals surface area (Å²) in [6.07, 6.45) is 7.94. The first-order chi connectivity index (χ1) is 8.65. The summed E-state index contributed by atoms with van der Waals surface area (Å²) >= 11 is 0. The van der Waals surface area contributed by atoms with Gasteiger partial charge in [0.25, 0.3) is 0 Å². The highest BCUT2D eigenvalue weighted by molar-refractivity contribution is 5.86. The van der Waals surface area contributed by atoms with Crippen LogP contribution in [0.25, 0.3) is 6.08 Å². The fourth-order valence-corrected chi connectivity index (χ4v) is 1.72. The van der Waals surface area contributed by atoms with Crippen molar-refractivity contribution in [1.29, 1.82) is 0 Å². The first-order valence-electron chi connectivity index (χ1n) is 6.22. The second-order valence-electron chi connectivity index (χ2n) is 4.22. The average Bonchev–Trinajstić information content (AvgIpc) is 2.37. The summed E-state index contributed by atoms with van der Waals surface area (Å²) in [5, 5.41) is 8.66. The number of hydrogen-bond donors (Lipinski definition) is 1. The van der Waals surface area contributed by atoms with E-state index >= 15 is 0 Å². The molecule has 0 saturated carbocycles. The van der Waals surface area contributed by atoms with Gasteiger partial charge < -0.3 is 10.0 Å². The Hall–Kier alpha value is -1.84. The average molecular weight is 248 g/mol. The van der Waals surface area contributed by atoms with E-state index in [9.17, 15) is 4.79 Å². The number of hydrogen-bond acceptors (Lipinski definition) is 3. The van der Waals surface area contributed by atoms with Crippen LogP contribution in [0.3, 0.4) is 0 Å². The fraction of sp³-hybridized carbons (Fsp3) is 0.429. The van der Waals surface area contributed by atoms with E-state index in [0.29, 0.717) is 0 Å². The van der Waals surface area contributed by atoms with E-state index in [-0.39, 0.29) is 0 Å². The predicted molar refractivity (Wildman–Crippen MR) is 73.7 cm³/mol. The van der Waals surface area contributed by atoms with E-state index in [4.69, 9.17) is 5.11 Å². The van der Waals surface area contributed by atoms with E-state index in [1.165, 1.54) is 12.8 Å². The Balaban J connectivity index is 2.77. The zero-order valence-electron chi connectivity index (χ0n) is 11.0. The second kappa shape index (κ2) is 7.48. The number of carboxylic acids is 1. The number of nitrogens with zero attached hydrogens (tertiary/aromatic N) is 2. The summed E-state index contributed by atoms with van der Waals surface area (Å²) in [5.41, 5.74) is 0.832. The molecule has 0 aliphatic heterocycles. The number of anilines is 1. The molecule has 0 amide bonds. The Morgan fingerprint density at radius 2 is 2.28 bits per heavy atom. The van der Waals surface area contributed by atoms with E-state index in [1.807, 2.05) is 19.2 Å². The molecular formula is C14H20N2O2. The molecule has 1 aromatic rings. The van der Waals surface area contributed by atoms with Crippen molar-refractivity contribution in [2.45, 2.75) is 26.2 Å². The third kappa shape index (κ3) is 4.57. The van der Waals surface area contributed by atoms with Gasteiger partial charge in [0.2, 0.25) is 0 Å². The molecule has 0 spiro atoms. The first-order valence-corrected chi connectivity index (χ1v) is 6.22. The summed E-state index contributed by atoms with van der Waals surface area (Å²) in [5.74, 6) is -0.121. The Bertz CT molecular complexity index is 416. The van der Waals surface area contributed by atoms with Crippen molar-refractivity contribution in [2.24, 2.45) is 0 Å². The molecule has 1 aromatic heterocycles. The topological polar surface area (TPSA) is 53.4 Å². The lowest BCUT2D eigenvalue weighted by Gasteiger charge is -2.19. The summed E-state index contributed by atoms with van der Waals surface area (Å²) in [6, 6.07) is 3.68. The summed E-state index contributed by atoms with van der Waals surface area (Å²) in [6.45, 7) is 3.10. The van der Waals surface area contributed by atoms with Gasteiger partial charge in [-0.2, -0.15) is 0 Å². The van der Waals surface area contributed by atoms with Gasteiger partial charge in [0.05, 0.1) is 0 Å². The van der Waals surface area contributed by atoms with Gasteiger partial charge in [0, 0.05) is 31.4 Å². The highest BCUT2D eigenvalue weighted by atomic mass is 16.4. The van der Waals surface area contributed by atoms with Crippen LogP contribution in [0, 0.1) is 0 Å². The maximum absolute atomic E-state index is 10.5. The van der Waals surface area contributed by atoms with Crippen molar-refractivity contribution in [3.05, 3.63) is 30.0 Å². The van der Waals surface area contributed by atoms with Crippen LogP contribution in [-0.2, 0) is 4.79 Å². The standard InChI is InChI=1S/C14H20N2O2/c1-3-4-5-11-16(2)14-12(7-6-10-15-14)8-9-13(17)18/h6-10H,3-5,11H2,1-2H3,(H,17,18)/b9-8+. The van der Waals surface area contributed by atoms with Gasteiger partial charge in [0.1, 0.15) is 5.82 Å². The van der Waals surface area contributed by atoms with Gasteiger partial charge in [-0.1, -0.05) is 19.8 Å². The number of carboxylic acid groups (broad SMARTS) is 1. The zero-order valence-corrected chi connectivity index (χ0v) is 11.0. The molecule has 0 fully saturated rings. The number of rotatable bonds is 7. The number of carbonyl (C=O) groups is 1. The molecule has 18 heavy (non-hydrogen) atoms. The quantitative estimate of drug-likeness (QED) is 0.595. The molecule has 98 valence electrons. The maximum atomic E-state index is 10.5. The smallest absolute Gasteiger partial charge is 0.328 e. The molecule has 4 heteroatoms. The normalized spacial score (nSPS) is 10.8. The highest BCUT2D eigenvalue weighted by Crippen LogP contribution is 2.17. The van der Waals surface area contributed by atoms with Gasteiger partial charge >= 0.3 is 5.97 Å². The molecule has 1 N–H and O–H groups in total. The number of unbranched alkanes of at least 4 members (excludes halogenated alkanes) is 2. The van der Waals surface area contributed by atoms with Crippen LogP contribution in [0.1, 0.15) is 31.7 Å². The summed E-state index contributed by atoms with van der Waals surface area (Å²) < 4.78 is 0. The SMILES string of the molecule is CCCCCN(C)c1ncccc1/C=C/C(=O)O. The van der Waals surface area contributed by atoms with Gasteiger partial charge in [-0.25, -0.2) is 9.78 Å². The van der Waals surface area contributed by atoms with Crippen molar-refractivity contribution in [2.75, 3.05) is 18.5 Å². The van der Waals surface area contributed by atoms with E-state index < -0.39 is 5.97 Å². The van der Waals surface area contributed by atoms with E-state index in [2.05, 4.69) is 16.8 Å². The van der Waals surface area contributed by atoms with Crippen LogP contribution in [0.4, 0.5) is 5.82 Å². The fourth-order valence-electron chi connectivity index (χ4n) is 1.72. The Morgan fingerprint density at radius 3 is 2.94 bits per heavy atom. The summed E-state index contributed by atoms with van der Waals surface area (Å²) in [7, 11) is 1.98. The molecule has 0 aliphatic rings. The lowest BCUT2D eigenvalue weighted by Crippen LogP contribution is -2.20. The van der Waals surface area contributed by atoms with Gasteiger partial charge in [-0.3, -0.25) is 0 Å². The molecule has 0 saturated heterocycles. The zero-order chi connectivity index (χ0) is 13.4. The van der Waals surface area contributed by atoms with Crippen molar-refractivity contribution in [3.8, 4) is 0 Å². The second-order valence-corrected chi connectivity index (χ2v) is 4.22. The van der Waals surface area contributed by atoms with Gasteiger partial charge in [-0.05, 0) is 24.6 Å².